The highest BCUT2D eigenvalue weighted by atomic mass is 32.2. The summed E-state index contributed by atoms with van der Waals surface area (Å²) in [6, 6.07) is 13.0. The third kappa shape index (κ3) is 5.58. The molecule has 0 bridgehead atoms. The van der Waals surface area contributed by atoms with Crippen molar-refractivity contribution in [2.45, 2.75) is 38.5 Å². The minimum Gasteiger partial charge on any atom is -0.371 e. The van der Waals surface area contributed by atoms with Crippen LogP contribution in [-0.2, 0) is 14.8 Å². The summed E-state index contributed by atoms with van der Waals surface area (Å²) in [5, 5.41) is 2.82. The van der Waals surface area contributed by atoms with Gasteiger partial charge in [-0.1, -0.05) is 24.6 Å². The molecule has 1 aliphatic rings. The van der Waals surface area contributed by atoms with E-state index in [4.69, 9.17) is 0 Å². The van der Waals surface area contributed by atoms with Gasteiger partial charge in [0.15, 0.2) is 0 Å². The van der Waals surface area contributed by atoms with Gasteiger partial charge >= 0.3 is 0 Å². The van der Waals surface area contributed by atoms with Crippen LogP contribution < -0.4 is 14.9 Å². The van der Waals surface area contributed by atoms with E-state index in [0.29, 0.717) is 17.2 Å². The van der Waals surface area contributed by atoms with Crippen molar-refractivity contribution < 1.29 is 13.2 Å². The smallest absolute Gasteiger partial charge is 0.240 e. The highest BCUT2D eigenvalue weighted by Gasteiger charge is 2.19. The first-order valence-corrected chi connectivity index (χ1v) is 11.4. The Morgan fingerprint density at radius 1 is 1.14 bits per heavy atom. The molecule has 1 aliphatic heterocycles. The molecule has 6 nitrogen and oxygen atoms in total. The zero-order valence-corrected chi connectivity index (χ0v) is 18.1. The maximum atomic E-state index is 12.4. The van der Waals surface area contributed by atoms with Crippen molar-refractivity contribution in [1.29, 1.82) is 0 Å². The number of anilines is 2. The van der Waals surface area contributed by atoms with E-state index in [9.17, 15) is 13.2 Å². The van der Waals surface area contributed by atoms with E-state index in [-0.39, 0.29) is 23.8 Å². The van der Waals surface area contributed by atoms with Gasteiger partial charge in [-0.2, -0.15) is 0 Å². The van der Waals surface area contributed by atoms with Gasteiger partial charge < -0.3 is 10.2 Å². The van der Waals surface area contributed by atoms with E-state index in [1.165, 1.54) is 6.42 Å². The van der Waals surface area contributed by atoms with Crippen LogP contribution in [0.4, 0.5) is 11.4 Å². The average molecular weight is 416 g/mol. The van der Waals surface area contributed by atoms with E-state index < -0.39 is 10.0 Å². The molecule has 29 heavy (non-hydrogen) atoms. The Bertz CT molecular complexity index is 971. The van der Waals surface area contributed by atoms with Crippen LogP contribution in [0.3, 0.4) is 0 Å². The predicted octanol–water partition coefficient (Wildman–Crippen LogP) is 3.46. The van der Waals surface area contributed by atoms with Gasteiger partial charge in [-0.15, -0.1) is 0 Å². The lowest BCUT2D eigenvalue weighted by Gasteiger charge is -2.18. The topological polar surface area (TPSA) is 78.5 Å². The first-order chi connectivity index (χ1) is 13.7. The summed E-state index contributed by atoms with van der Waals surface area (Å²) in [4.78, 5) is 14.8. The lowest BCUT2D eigenvalue weighted by Crippen LogP contribution is -2.28. The van der Waals surface area contributed by atoms with Gasteiger partial charge in [-0.05, 0) is 62.1 Å². The van der Waals surface area contributed by atoms with Crippen molar-refractivity contribution in [3.05, 3.63) is 53.6 Å². The molecular weight excluding hydrogens is 386 g/mol. The molecule has 2 N–H and O–H groups in total. The minimum absolute atomic E-state index is 0.0469. The van der Waals surface area contributed by atoms with Crippen LogP contribution in [0.15, 0.2) is 47.4 Å². The number of hydrogen-bond donors (Lipinski definition) is 2. The maximum absolute atomic E-state index is 12.4. The van der Waals surface area contributed by atoms with Gasteiger partial charge in [0.1, 0.15) is 0 Å². The number of nitrogens with one attached hydrogen (secondary N) is 2. The molecule has 2 aromatic carbocycles. The van der Waals surface area contributed by atoms with Gasteiger partial charge in [0, 0.05) is 37.4 Å². The maximum Gasteiger partial charge on any atom is 0.240 e. The zero-order valence-electron chi connectivity index (χ0n) is 17.2. The standard InChI is InChI=1S/C22H29N3O3S/c1-16-4-9-21(18(3)14-16)29(27,28)23-12-10-22(26)24-19-5-7-20(8-6-19)25-13-11-17(2)15-25/h4-9,14,17,23H,10-13,15H2,1-3H3,(H,24,26). The Morgan fingerprint density at radius 2 is 1.86 bits per heavy atom. The highest BCUT2D eigenvalue weighted by Crippen LogP contribution is 2.24. The molecular formula is C22H29N3O3S. The molecule has 1 heterocycles. The highest BCUT2D eigenvalue weighted by molar-refractivity contribution is 7.89. The van der Waals surface area contributed by atoms with Gasteiger partial charge in [0.2, 0.25) is 15.9 Å². The van der Waals surface area contributed by atoms with Crippen molar-refractivity contribution in [1.82, 2.24) is 4.72 Å². The van der Waals surface area contributed by atoms with Crippen LogP contribution in [0.1, 0.15) is 30.9 Å². The molecule has 1 saturated heterocycles. The first-order valence-electron chi connectivity index (χ1n) is 9.96. The van der Waals surface area contributed by atoms with Crippen molar-refractivity contribution >= 4 is 27.3 Å². The minimum atomic E-state index is -3.63. The number of sulfonamides is 1. The van der Waals surface area contributed by atoms with Crippen molar-refractivity contribution in [3.8, 4) is 0 Å². The molecule has 156 valence electrons. The Morgan fingerprint density at radius 3 is 2.48 bits per heavy atom. The van der Waals surface area contributed by atoms with Crippen molar-refractivity contribution in [2.24, 2.45) is 5.92 Å². The SMILES string of the molecule is Cc1ccc(S(=O)(=O)NCCC(=O)Nc2ccc(N3CCC(C)C3)cc2)c(C)c1. The Kier molecular flexibility index (Phi) is 6.59. The summed E-state index contributed by atoms with van der Waals surface area (Å²) in [6.07, 6.45) is 1.27. The molecule has 1 amide bonds. The number of hydrogen-bond acceptors (Lipinski definition) is 4. The Hall–Kier alpha value is -2.38. The van der Waals surface area contributed by atoms with Crippen LogP contribution in [0.2, 0.25) is 0 Å². The van der Waals surface area contributed by atoms with Gasteiger partial charge in [0.25, 0.3) is 0 Å². The van der Waals surface area contributed by atoms with Gasteiger partial charge in [0.05, 0.1) is 4.90 Å². The molecule has 0 saturated carbocycles. The summed E-state index contributed by atoms with van der Waals surface area (Å²) < 4.78 is 27.4. The van der Waals surface area contributed by atoms with E-state index >= 15 is 0 Å². The molecule has 0 aromatic heterocycles. The van der Waals surface area contributed by atoms with Crippen LogP contribution in [-0.4, -0.2) is 34.0 Å². The average Bonchev–Trinajstić information content (AvgIpc) is 3.08. The number of carbonyl (C=O) groups excluding carboxylic acids is 1. The summed E-state index contributed by atoms with van der Waals surface area (Å²) >= 11 is 0. The second-order valence-corrected chi connectivity index (χ2v) is 9.59. The molecule has 1 atom stereocenters. The van der Waals surface area contributed by atoms with E-state index in [1.807, 2.05) is 37.3 Å². The van der Waals surface area contributed by atoms with E-state index in [1.54, 1.807) is 19.1 Å². The Balaban J connectivity index is 1.49. The van der Waals surface area contributed by atoms with Crippen LogP contribution in [0, 0.1) is 19.8 Å². The fraction of sp³-hybridized carbons (Fsp3) is 0.409. The number of benzene rings is 2. The first kappa shape index (κ1) is 21.3. The number of nitrogens with zero attached hydrogens (tertiary/aromatic N) is 1. The third-order valence-corrected chi connectivity index (χ3v) is 6.83. The number of aryl methyl sites for hydroxylation is 2. The largest absolute Gasteiger partial charge is 0.371 e. The molecule has 3 rings (SSSR count). The van der Waals surface area contributed by atoms with Crippen LogP contribution in [0.25, 0.3) is 0 Å². The summed E-state index contributed by atoms with van der Waals surface area (Å²) in [6.45, 7) is 8.11. The molecule has 7 heteroatoms. The molecule has 1 unspecified atom stereocenters. The molecule has 0 aliphatic carbocycles. The van der Waals surface area contributed by atoms with Crippen LogP contribution in [0.5, 0.6) is 0 Å². The third-order valence-electron chi connectivity index (χ3n) is 5.20. The molecule has 1 fully saturated rings. The molecule has 0 spiro atoms. The van der Waals surface area contributed by atoms with Crippen molar-refractivity contribution in [3.63, 3.8) is 0 Å². The normalized spacial score (nSPS) is 16.8. The van der Waals surface area contributed by atoms with E-state index in [0.717, 1.165) is 24.3 Å². The Labute approximate surface area is 173 Å². The fourth-order valence-electron chi connectivity index (χ4n) is 3.63. The summed E-state index contributed by atoms with van der Waals surface area (Å²) in [7, 11) is -3.63. The quantitative estimate of drug-likeness (QED) is 0.726. The summed E-state index contributed by atoms with van der Waals surface area (Å²) in [5.41, 5.74) is 3.57. The second-order valence-electron chi connectivity index (χ2n) is 7.85. The predicted molar refractivity (Wildman–Crippen MR) is 117 cm³/mol. The monoisotopic (exact) mass is 415 g/mol. The fourth-order valence-corrected chi connectivity index (χ4v) is 4.88. The second kappa shape index (κ2) is 8.97. The number of rotatable bonds is 7. The van der Waals surface area contributed by atoms with Crippen molar-refractivity contribution in [2.75, 3.05) is 29.9 Å². The lowest BCUT2D eigenvalue weighted by molar-refractivity contribution is -0.116. The van der Waals surface area contributed by atoms with E-state index in [2.05, 4.69) is 21.9 Å². The van der Waals surface area contributed by atoms with Crippen LogP contribution >= 0.6 is 0 Å². The van der Waals surface area contributed by atoms with Gasteiger partial charge in [-0.3, -0.25) is 4.79 Å². The molecule has 0 radical (unpaired) electrons. The zero-order chi connectivity index (χ0) is 21.0. The number of amides is 1. The summed E-state index contributed by atoms with van der Waals surface area (Å²) in [5.74, 6) is 0.484. The lowest BCUT2D eigenvalue weighted by atomic mass is 10.2. The van der Waals surface area contributed by atoms with Gasteiger partial charge in [-0.25, -0.2) is 13.1 Å². The number of carbonyl (C=O) groups is 1. The molecule has 2 aromatic rings.